The topological polar surface area (TPSA) is 59.0 Å². The maximum absolute atomic E-state index is 13.4. The molecule has 6 heteroatoms. The van der Waals surface area contributed by atoms with Crippen molar-refractivity contribution in [3.05, 3.63) is 71.0 Å². The molecule has 2 aromatic carbocycles. The molecule has 1 fully saturated rings. The zero-order chi connectivity index (χ0) is 22.2. The van der Waals surface area contributed by atoms with Gasteiger partial charge >= 0.3 is 0 Å². The summed E-state index contributed by atoms with van der Waals surface area (Å²) in [4.78, 5) is 13.7. The largest absolute Gasteiger partial charge is 0.496 e. The lowest BCUT2D eigenvalue weighted by Gasteiger charge is -2.30. The Morgan fingerprint density at radius 1 is 1.26 bits per heavy atom. The molecule has 0 aromatic heterocycles. The van der Waals surface area contributed by atoms with Gasteiger partial charge in [-0.1, -0.05) is 18.2 Å². The number of carbonyl (C=O) groups excluding carboxylic acids is 1. The number of ether oxygens (including phenoxy) is 2. The van der Waals surface area contributed by atoms with Crippen LogP contribution in [0, 0.1) is 5.82 Å². The molecule has 1 heterocycles. The number of halogens is 1. The van der Waals surface area contributed by atoms with Crippen molar-refractivity contribution in [2.75, 3.05) is 27.8 Å². The second-order valence-corrected chi connectivity index (χ2v) is 8.55. The fourth-order valence-electron chi connectivity index (χ4n) is 4.71. The number of aliphatic hydroxyl groups is 1. The number of carbonyl (C=O) groups is 1. The summed E-state index contributed by atoms with van der Waals surface area (Å²) in [6.45, 7) is 0.381. The van der Waals surface area contributed by atoms with Crippen LogP contribution < -0.4 is 4.74 Å². The maximum Gasteiger partial charge on any atom is 0.226 e. The fraction of sp³-hybridized carbons (Fsp3) is 0.400. The van der Waals surface area contributed by atoms with Gasteiger partial charge in [0.05, 0.1) is 31.8 Å². The van der Waals surface area contributed by atoms with Gasteiger partial charge in [0.25, 0.3) is 0 Å². The quantitative estimate of drug-likeness (QED) is 0.796. The molecular weight excluding hydrogens is 397 g/mol. The molecule has 1 spiro atoms. The highest BCUT2D eigenvalue weighted by atomic mass is 19.1. The van der Waals surface area contributed by atoms with Gasteiger partial charge in [-0.15, -0.1) is 0 Å². The van der Waals surface area contributed by atoms with E-state index in [0.29, 0.717) is 31.6 Å². The van der Waals surface area contributed by atoms with Crippen molar-refractivity contribution >= 4 is 11.5 Å². The molecule has 5 nitrogen and oxygen atoms in total. The standard InChI is InChI=1S/C25H28FNO4/c1-27(2)23(29)13-16-4-9-22(30-3)20(12-16)18-14-25(31-15-18)11-10-21(28)24(25)17-5-7-19(26)8-6-17/h4-9,12,14,21,24,28H,10-11,13,15H2,1-3H3/t21?,24?,25-/m1/s1. The van der Waals surface area contributed by atoms with E-state index in [1.807, 2.05) is 18.2 Å². The lowest BCUT2D eigenvalue weighted by molar-refractivity contribution is -0.127. The van der Waals surface area contributed by atoms with E-state index in [9.17, 15) is 14.3 Å². The van der Waals surface area contributed by atoms with Crippen LogP contribution in [0.15, 0.2) is 48.5 Å². The molecule has 4 rings (SSSR count). The van der Waals surface area contributed by atoms with Gasteiger partial charge in [-0.25, -0.2) is 4.39 Å². The summed E-state index contributed by atoms with van der Waals surface area (Å²) in [5.74, 6) is 0.169. The summed E-state index contributed by atoms with van der Waals surface area (Å²) in [6, 6.07) is 12.0. The molecule has 1 amide bonds. The van der Waals surface area contributed by atoms with E-state index in [1.54, 1.807) is 38.2 Å². The minimum Gasteiger partial charge on any atom is -0.496 e. The van der Waals surface area contributed by atoms with E-state index in [2.05, 4.69) is 6.08 Å². The highest BCUT2D eigenvalue weighted by Gasteiger charge is 2.51. The number of likely N-dealkylation sites (N-methyl/N-ethyl adjacent to an activating group) is 1. The molecule has 0 saturated heterocycles. The van der Waals surface area contributed by atoms with E-state index < -0.39 is 11.7 Å². The lowest BCUT2D eigenvalue weighted by atomic mass is 9.83. The van der Waals surface area contributed by atoms with Crippen LogP contribution in [-0.2, 0) is 16.0 Å². The Morgan fingerprint density at radius 3 is 2.68 bits per heavy atom. The monoisotopic (exact) mass is 425 g/mol. The van der Waals surface area contributed by atoms with E-state index in [4.69, 9.17) is 9.47 Å². The Morgan fingerprint density at radius 2 is 2.00 bits per heavy atom. The second kappa shape index (κ2) is 8.44. The predicted octanol–water partition coefficient (Wildman–Crippen LogP) is 3.56. The molecule has 1 aliphatic carbocycles. The lowest BCUT2D eigenvalue weighted by Crippen LogP contribution is -2.33. The molecule has 1 N–H and O–H groups in total. The SMILES string of the molecule is COc1ccc(CC(=O)N(C)C)cc1C1=C[C@@]2(CCC(O)C2c2ccc(F)cc2)OC1. The number of hydrogen-bond donors (Lipinski definition) is 1. The minimum atomic E-state index is -0.646. The van der Waals surface area contributed by atoms with Crippen LogP contribution in [0.1, 0.15) is 35.4 Å². The smallest absolute Gasteiger partial charge is 0.226 e. The molecular formula is C25H28FNO4. The second-order valence-electron chi connectivity index (χ2n) is 8.55. The molecule has 3 atom stereocenters. The van der Waals surface area contributed by atoms with E-state index in [0.717, 1.165) is 22.3 Å². The summed E-state index contributed by atoms with van der Waals surface area (Å²) >= 11 is 0. The zero-order valence-electron chi connectivity index (χ0n) is 18.1. The van der Waals surface area contributed by atoms with E-state index in [-0.39, 0.29) is 17.6 Å². The van der Waals surface area contributed by atoms with Gasteiger partial charge in [0.1, 0.15) is 11.6 Å². The van der Waals surface area contributed by atoms with Gasteiger partial charge in [-0.05, 0) is 59.9 Å². The molecule has 2 aromatic rings. The third-order valence-electron chi connectivity index (χ3n) is 6.35. The summed E-state index contributed by atoms with van der Waals surface area (Å²) < 4.78 is 25.3. The van der Waals surface area contributed by atoms with Crippen LogP contribution in [0.3, 0.4) is 0 Å². The van der Waals surface area contributed by atoms with Crippen molar-refractivity contribution in [1.82, 2.24) is 4.90 Å². The van der Waals surface area contributed by atoms with Crippen LogP contribution in [-0.4, -0.2) is 55.4 Å². The summed E-state index contributed by atoms with van der Waals surface area (Å²) in [7, 11) is 5.10. The number of amides is 1. The zero-order valence-corrected chi connectivity index (χ0v) is 18.1. The summed E-state index contributed by atoms with van der Waals surface area (Å²) in [5.41, 5.74) is 2.98. The third-order valence-corrected chi connectivity index (χ3v) is 6.35. The first-order chi connectivity index (χ1) is 14.8. The number of aliphatic hydroxyl groups excluding tert-OH is 1. The normalized spacial score (nSPS) is 25.0. The average molecular weight is 426 g/mol. The number of nitrogens with zero attached hydrogens (tertiary/aromatic N) is 1. The Kier molecular flexibility index (Phi) is 5.86. The van der Waals surface area contributed by atoms with Gasteiger partial charge < -0.3 is 19.5 Å². The van der Waals surface area contributed by atoms with Gasteiger partial charge in [0.15, 0.2) is 0 Å². The highest BCUT2D eigenvalue weighted by Crippen LogP contribution is 2.51. The van der Waals surface area contributed by atoms with Gasteiger partial charge in [-0.3, -0.25) is 4.79 Å². The number of rotatable bonds is 5. The van der Waals surface area contributed by atoms with Crippen LogP contribution in [0.5, 0.6) is 5.75 Å². The van der Waals surface area contributed by atoms with Crippen molar-refractivity contribution < 1.29 is 23.8 Å². The number of hydrogen-bond acceptors (Lipinski definition) is 4. The molecule has 164 valence electrons. The van der Waals surface area contributed by atoms with Gasteiger partial charge in [0, 0.05) is 25.6 Å². The highest BCUT2D eigenvalue weighted by molar-refractivity contribution is 5.80. The van der Waals surface area contributed by atoms with Crippen LogP contribution in [0.4, 0.5) is 4.39 Å². The van der Waals surface area contributed by atoms with Crippen molar-refractivity contribution in [3.8, 4) is 5.75 Å². The van der Waals surface area contributed by atoms with E-state index in [1.165, 1.54) is 12.1 Å². The third kappa shape index (κ3) is 4.10. The van der Waals surface area contributed by atoms with Crippen LogP contribution in [0.25, 0.3) is 5.57 Å². The van der Waals surface area contributed by atoms with Crippen molar-refractivity contribution in [1.29, 1.82) is 0 Å². The Balaban J connectivity index is 1.69. The molecule has 31 heavy (non-hydrogen) atoms. The van der Waals surface area contributed by atoms with Crippen molar-refractivity contribution in [3.63, 3.8) is 0 Å². The molecule has 0 radical (unpaired) electrons. The maximum atomic E-state index is 13.4. The Labute approximate surface area is 182 Å². The fourth-order valence-corrected chi connectivity index (χ4v) is 4.71. The number of benzene rings is 2. The van der Waals surface area contributed by atoms with Gasteiger partial charge in [-0.2, -0.15) is 0 Å². The molecule has 0 bridgehead atoms. The first-order valence-corrected chi connectivity index (χ1v) is 10.5. The van der Waals surface area contributed by atoms with Gasteiger partial charge in [0.2, 0.25) is 5.91 Å². The molecule has 2 unspecified atom stereocenters. The minimum absolute atomic E-state index is 0.0273. The van der Waals surface area contributed by atoms with Crippen molar-refractivity contribution in [2.24, 2.45) is 0 Å². The first kappa shape index (κ1) is 21.5. The molecule has 2 aliphatic rings. The Hall–Kier alpha value is -2.70. The average Bonchev–Trinajstić information content (AvgIpc) is 3.32. The summed E-state index contributed by atoms with van der Waals surface area (Å²) in [6.07, 6.45) is 3.13. The summed E-state index contributed by atoms with van der Waals surface area (Å²) in [5, 5.41) is 10.7. The first-order valence-electron chi connectivity index (χ1n) is 10.5. The van der Waals surface area contributed by atoms with Crippen LogP contribution >= 0.6 is 0 Å². The molecule has 1 saturated carbocycles. The van der Waals surface area contributed by atoms with Crippen molar-refractivity contribution in [2.45, 2.75) is 36.9 Å². The Bertz CT molecular complexity index is 1000. The van der Waals surface area contributed by atoms with Crippen LogP contribution in [0.2, 0.25) is 0 Å². The predicted molar refractivity (Wildman–Crippen MR) is 116 cm³/mol. The molecule has 1 aliphatic heterocycles. The van der Waals surface area contributed by atoms with E-state index >= 15 is 0 Å². The number of methoxy groups -OCH3 is 1.